The summed E-state index contributed by atoms with van der Waals surface area (Å²) in [7, 11) is 1.98. The normalized spacial score (nSPS) is 16.7. The smallest absolute Gasteiger partial charge is 0.129 e. The lowest BCUT2D eigenvalue weighted by Crippen LogP contribution is -2.37. The molecule has 1 aliphatic rings. The molecule has 1 aliphatic heterocycles. The molecule has 1 N–H and O–H groups in total. The summed E-state index contributed by atoms with van der Waals surface area (Å²) in [5, 5.41) is 3.22. The average molecular weight is 263 g/mol. The molecule has 0 unspecified atom stereocenters. The average Bonchev–Trinajstić information content (AvgIpc) is 2.39. The minimum absolute atomic E-state index is 0.0742. The van der Waals surface area contributed by atoms with E-state index in [1.807, 2.05) is 7.05 Å². The summed E-state index contributed by atoms with van der Waals surface area (Å²) in [4.78, 5) is 7.17. The van der Waals surface area contributed by atoms with E-state index in [9.17, 15) is 0 Å². The Morgan fingerprint density at radius 2 is 1.95 bits per heavy atom. The van der Waals surface area contributed by atoms with Crippen LogP contribution >= 0.6 is 0 Å². The van der Waals surface area contributed by atoms with Crippen molar-refractivity contribution in [1.29, 1.82) is 0 Å². The standard InChI is InChI=1S/C15H25N3O/c1-15(2,3)13-9-12(11-16-4)10-14(17-13)18-5-7-19-8-6-18/h9-10,16H,5-8,11H2,1-4H3. The highest BCUT2D eigenvalue weighted by molar-refractivity contribution is 5.44. The molecule has 2 rings (SSSR count). The van der Waals surface area contributed by atoms with E-state index in [1.165, 1.54) is 5.56 Å². The molecular weight excluding hydrogens is 238 g/mol. The van der Waals surface area contributed by atoms with Gasteiger partial charge in [-0.1, -0.05) is 20.8 Å². The molecule has 106 valence electrons. The molecule has 1 aromatic rings. The van der Waals surface area contributed by atoms with Crippen LogP contribution in [0.5, 0.6) is 0 Å². The van der Waals surface area contributed by atoms with E-state index in [0.717, 1.165) is 44.4 Å². The summed E-state index contributed by atoms with van der Waals surface area (Å²) in [6, 6.07) is 4.40. The maximum absolute atomic E-state index is 5.41. The molecule has 1 saturated heterocycles. The number of nitrogens with one attached hydrogen (secondary N) is 1. The minimum Gasteiger partial charge on any atom is -0.378 e. The first-order valence-electron chi connectivity index (χ1n) is 6.99. The summed E-state index contributed by atoms with van der Waals surface area (Å²) in [6.45, 7) is 11.0. The van der Waals surface area contributed by atoms with Crippen molar-refractivity contribution in [3.8, 4) is 0 Å². The van der Waals surface area contributed by atoms with Gasteiger partial charge in [0, 0.05) is 30.7 Å². The molecule has 1 aromatic heterocycles. The van der Waals surface area contributed by atoms with Crippen molar-refractivity contribution >= 4 is 5.82 Å². The Bertz CT molecular complexity index is 420. The zero-order chi connectivity index (χ0) is 13.9. The van der Waals surface area contributed by atoms with Gasteiger partial charge >= 0.3 is 0 Å². The lowest BCUT2D eigenvalue weighted by Gasteiger charge is -2.30. The quantitative estimate of drug-likeness (QED) is 0.904. The SMILES string of the molecule is CNCc1cc(N2CCOCC2)nc(C(C)(C)C)c1. The lowest BCUT2D eigenvalue weighted by atomic mass is 9.90. The second-order valence-electron chi connectivity index (χ2n) is 6.10. The molecule has 0 saturated carbocycles. The summed E-state index contributed by atoms with van der Waals surface area (Å²) >= 11 is 0. The van der Waals surface area contributed by atoms with Gasteiger partial charge in [-0.15, -0.1) is 0 Å². The third-order valence-electron chi connectivity index (χ3n) is 3.36. The van der Waals surface area contributed by atoms with Gasteiger partial charge < -0.3 is 15.0 Å². The van der Waals surface area contributed by atoms with Crippen LogP contribution in [0.4, 0.5) is 5.82 Å². The predicted molar refractivity (Wildman–Crippen MR) is 78.7 cm³/mol. The van der Waals surface area contributed by atoms with Crippen molar-refractivity contribution in [3.63, 3.8) is 0 Å². The molecule has 2 heterocycles. The van der Waals surface area contributed by atoms with Gasteiger partial charge in [0.05, 0.1) is 13.2 Å². The summed E-state index contributed by atoms with van der Waals surface area (Å²) in [5.41, 5.74) is 2.52. The Hall–Kier alpha value is -1.13. The second kappa shape index (κ2) is 5.88. The minimum atomic E-state index is 0.0742. The molecule has 0 radical (unpaired) electrons. The number of anilines is 1. The van der Waals surface area contributed by atoms with Gasteiger partial charge in [-0.3, -0.25) is 0 Å². The van der Waals surface area contributed by atoms with Gasteiger partial charge in [-0.25, -0.2) is 4.98 Å². The molecule has 4 heteroatoms. The first-order chi connectivity index (χ1) is 9.00. The number of rotatable bonds is 3. The van der Waals surface area contributed by atoms with Crippen molar-refractivity contribution in [2.45, 2.75) is 32.7 Å². The van der Waals surface area contributed by atoms with Crippen LogP contribution in [0.3, 0.4) is 0 Å². The van der Waals surface area contributed by atoms with Gasteiger partial charge in [0.2, 0.25) is 0 Å². The van der Waals surface area contributed by atoms with Crippen LogP contribution in [0.2, 0.25) is 0 Å². The molecule has 0 bridgehead atoms. The first kappa shape index (κ1) is 14.3. The number of aromatic nitrogens is 1. The Morgan fingerprint density at radius 3 is 2.53 bits per heavy atom. The van der Waals surface area contributed by atoms with E-state index in [1.54, 1.807) is 0 Å². The van der Waals surface area contributed by atoms with Crippen LogP contribution in [0, 0.1) is 0 Å². The fraction of sp³-hybridized carbons (Fsp3) is 0.667. The van der Waals surface area contributed by atoms with Crippen LogP contribution in [0.25, 0.3) is 0 Å². The van der Waals surface area contributed by atoms with E-state index in [4.69, 9.17) is 9.72 Å². The zero-order valence-electron chi connectivity index (χ0n) is 12.5. The molecular formula is C15H25N3O. The Balaban J connectivity index is 2.33. The van der Waals surface area contributed by atoms with Gasteiger partial charge in [-0.2, -0.15) is 0 Å². The number of morpholine rings is 1. The van der Waals surface area contributed by atoms with E-state index in [0.29, 0.717) is 0 Å². The van der Waals surface area contributed by atoms with Crippen LogP contribution < -0.4 is 10.2 Å². The first-order valence-corrected chi connectivity index (χ1v) is 6.99. The third kappa shape index (κ3) is 3.67. The van der Waals surface area contributed by atoms with Crippen LogP contribution in [-0.2, 0) is 16.7 Å². The molecule has 0 spiro atoms. The van der Waals surface area contributed by atoms with Gasteiger partial charge in [0.1, 0.15) is 5.82 Å². The summed E-state index contributed by atoms with van der Waals surface area (Å²) in [6.07, 6.45) is 0. The van der Waals surface area contributed by atoms with E-state index < -0.39 is 0 Å². The van der Waals surface area contributed by atoms with Crippen molar-refractivity contribution < 1.29 is 4.74 Å². The van der Waals surface area contributed by atoms with E-state index in [2.05, 4.69) is 43.1 Å². The highest BCUT2D eigenvalue weighted by Crippen LogP contribution is 2.25. The van der Waals surface area contributed by atoms with E-state index >= 15 is 0 Å². The van der Waals surface area contributed by atoms with Gasteiger partial charge in [-0.05, 0) is 24.7 Å². The van der Waals surface area contributed by atoms with Crippen LogP contribution in [-0.4, -0.2) is 38.3 Å². The second-order valence-corrected chi connectivity index (χ2v) is 6.10. The Labute approximate surface area is 116 Å². The molecule has 0 aromatic carbocycles. The number of hydrogen-bond acceptors (Lipinski definition) is 4. The molecule has 0 amide bonds. The molecule has 0 atom stereocenters. The van der Waals surface area contributed by atoms with Crippen molar-refractivity contribution in [3.05, 3.63) is 23.4 Å². The van der Waals surface area contributed by atoms with Crippen molar-refractivity contribution in [2.24, 2.45) is 0 Å². The Kier molecular flexibility index (Phi) is 4.42. The summed E-state index contributed by atoms with van der Waals surface area (Å²) < 4.78 is 5.41. The molecule has 19 heavy (non-hydrogen) atoms. The maximum Gasteiger partial charge on any atom is 0.129 e. The lowest BCUT2D eigenvalue weighted by molar-refractivity contribution is 0.122. The highest BCUT2D eigenvalue weighted by atomic mass is 16.5. The topological polar surface area (TPSA) is 37.4 Å². The van der Waals surface area contributed by atoms with Crippen LogP contribution in [0.1, 0.15) is 32.0 Å². The number of hydrogen-bond donors (Lipinski definition) is 1. The van der Waals surface area contributed by atoms with Gasteiger partial charge in [0.25, 0.3) is 0 Å². The zero-order valence-corrected chi connectivity index (χ0v) is 12.5. The maximum atomic E-state index is 5.41. The largest absolute Gasteiger partial charge is 0.378 e. The molecule has 4 nitrogen and oxygen atoms in total. The van der Waals surface area contributed by atoms with Crippen LogP contribution in [0.15, 0.2) is 12.1 Å². The predicted octanol–water partition coefficient (Wildman–Crippen LogP) is 1.94. The highest BCUT2D eigenvalue weighted by Gasteiger charge is 2.20. The molecule has 0 aliphatic carbocycles. The third-order valence-corrected chi connectivity index (χ3v) is 3.36. The summed E-state index contributed by atoms with van der Waals surface area (Å²) in [5.74, 6) is 1.08. The number of pyridine rings is 1. The van der Waals surface area contributed by atoms with E-state index in [-0.39, 0.29) is 5.41 Å². The fourth-order valence-electron chi connectivity index (χ4n) is 2.22. The molecule has 1 fully saturated rings. The van der Waals surface area contributed by atoms with Crippen molar-refractivity contribution in [2.75, 3.05) is 38.3 Å². The Morgan fingerprint density at radius 1 is 1.26 bits per heavy atom. The van der Waals surface area contributed by atoms with Crippen molar-refractivity contribution in [1.82, 2.24) is 10.3 Å². The monoisotopic (exact) mass is 263 g/mol. The number of nitrogens with zero attached hydrogens (tertiary/aromatic N) is 2. The van der Waals surface area contributed by atoms with Gasteiger partial charge in [0.15, 0.2) is 0 Å². The fourth-order valence-corrected chi connectivity index (χ4v) is 2.22. The number of ether oxygens (including phenoxy) is 1.